The van der Waals surface area contributed by atoms with Crippen LogP contribution in [0.25, 0.3) is 0 Å². The Morgan fingerprint density at radius 3 is 2.62 bits per heavy atom. The van der Waals surface area contributed by atoms with Crippen LogP contribution in [0.5, 0.6) is 0 Å². The molecule has 0 spiro atoms. The number of nitrogens with one attached hydrogen (secondary N) is 1. The Labute approximate surface area is 94.7 Å². The molecule has 0 aliphatic carbocycles. The van der Waals surface area contributed by atoms with E-state index in [4.69, 9.17) is 5.14 Å². The summed E-state index contributed by atoms with van der Waals surface area (Å²) in [6.45, 7) is 2.68. The lowest BCUT2D eigenvalue weighted by atomic mass is 10.3. The zero-order valence-electron chi connectivity index (χ0n) is 9.03. The van der Waals surface area contributed by atoms with Gasteiger partial charge < -0.3 is 5.32 Å². The Balaban J connectivity index is 2.84. The number of sulfonamides is 1. The summed E-state index contributed by atoms with van der Waals surface area (Å²) < 4.78 is 35.3. The minimum atomic E-state index is -3.84. The Bertz CT molecular complexity index is 460. The van der Waals surface area contributed by atoms with Crippen molar-refractivity contribution in [3.05, 3.63) is 24.0 Å². The quantitative estimate of drug-likeness (QED) is 0.776. The van der Waals surface area contributed by atoms with Crippen LogP contribution in [0.15, 0.2) is 23.1 Å². The van der Waals surface area contributed by atoms with Gasteiger partial charge in [-0.1, -0.05) is 13.3 Å². The monoisotopic (exact) mass is 246 g/mol. The van der Waals surface area contributed by atoms with E-state index in [1.54, 1.807) is 0 Å². The van der Waals surface area contributed by atoms with Crippen molar-refractivity contribution in [3.8, 4) is 0 Å². The Morgan fingerprint density at radius 1 is 1.44 bits per heavy atom. The molecule has 0 saturated heterocycles. The molecular formula is C10H15FN2O2S. The average molecular weight is 246 g/mol. The van der Waals surface area contributed by atoms with Gasteiger partial charge in [0.2, 0.25) is 10.0 Å². The molecular weight excluding hydrogens is 231 g/mol. The molecule has 3 N–H and O–H groups in total. The van der Waals surface area contributed by atoms with Crippen LogP contribution in [0.2, 0.25) is 0 Å². The van der Waals surface area contributed by atoms with Crippen LogP contribution < -0.4 is 10.5 Å². The zero-order valence-corrected chi connectivity index (χ0v) is 9.85. The molecule has 1 rings (SSSR count). The molecule has 0 radical (unpaired) electrons. The first-order valence-electron chi connectivity index (χ1n) is 5.01. The lowest BCUT2D eigenvalue weighted by Crippen LogP contribution is -2.13. The van der Waals surface area contributed by atoms with E-state index in [0.29, 0.717) is 12.2 Å². The van der Waals surface area contributed by atoms with Gasteiger partial charge in [0.05, 0.1) is 10.6 Å². The van der Waals surface area contributed by atoms with Gasteiger partial charge in [-0.05, 0) is 24.6 Å². The normalized spacial score (nSPS) is 11.4. The van der Waals surface area contributed by atoms with E-state index in [0.717, 1.165) is 18.9 Å². The van der Waals surface area contributed by atoms with Crippen molar-refractivity contribution in [2.45, 2.75) is 24.7 Å². The minimum absolute atomic E-state index is 0.217. The zero-order chi connectivity index (χ0) is 12.2. The van der Waals surface area contributed by atoms with Crippen LogP contribution in [-0.2, 0) is 10.0 Å². The van der Waals surface area contributed by atoms with Crippen LogP contribution in [0.1, 0.15) is 19.8 Å². The van der Waals surface area contributed by atoms with E-state index in [2.05, 4.69) is 5.32 Å². The maximum absolute atomic E-state index is 13.4. The fourth-order valence-corrected chi connectivity index (χ4v) is 1.74. The van der Waals surface area contributed by atoms with E-state index in [1.165, 1.54) is 12.1 Å². The number of rotatable bonds is 5. The minimum Gasteiger partial charge on any atom is -0.383 e. The molecule has 0 bridgehead atoms. The van der Waals surface area contributed by atoms with E-state index >= 15 is 0 Å². The highest BCUT2D eigenvalue weighted by Crippen LogP contribution is 2.18. The molecule has 1 aromatic rings. The lowest BCUT2D eigenvalue weighted by molar-refractivity contribution is 0.592. The van der Waals surface area contributed by atoms with Gasteiger partial charge in [0.25, 0.3) is 0 Å². The number of nitrogens with two attached hydrogens (primary N) is 1. The largest absolute Gasteiger partial charge is 0.383 e. The summed E-state index contributed by atoms with van der Waals surface area (Å²) in [6.07, 6.45) is 1.93. The summed E-state index contributed by atoms with van der Waals surface area (Å²) in [6, 6.07) is 3.58. The van der Waals surface area contributed by atoms with Crippen molar-refractivity contribution in [3.63, 3.8) is 0 Å². The van der Waals surface area contributed by atoms with Crippen LogP contribution >= 0.6 is 0 Å². The summed E-state index contributed by atoms with van der Waals surface area (Å²) >= 11 is 0. The molecule has 0 aliphatic heterocycles. The Hall–Kier alpha value is -1.14. The number of hydrogen-bond acceptors (Lipinski definition) is 3. The molecule has 0 amide bonds. The molecule has 0 heterocycles. The van der Waals surface area contributed by atoms with Crippen LogP contribution in [0.4, 0.5) is 10.1 Å². The fourth-order valence-electron chi connectivity index (χ4n) is 1.22. The van der Waals surface area contributed by atoms with Crippen molar-refractivity contribution >= 4 is 15.7 Å². The third-order valence-electron chi connectivity index (χ3n) is 2.11. The Kier molecular flexibility index (Phi) is 4.26. The maximum Gasteiger partial charge on any atom is 0.238 e. The smallest absolute Gasteiger partial charge is 0.238 e. The number of unbranched alkanes of at least 4 members (excludes halogenated alkanes) is 1. The molecule has 0 aromatic heterocycles. The van der Waals surface area contributed by atoms with Crippen LogP contribution in [0, 0.1) is 5.82 Å². The second-order valence-corrected chi connectivity index (χ2v) is 5.03. The molecule has 6 heteroatoms. The topological polar surface area (TPSA) is 72.2 Å². The summed E-state index contributed by atoms with van der Waals surface area (Å²) in [5, 5.41) is 7.76. The highest BCUT2D eigenvalue weighted by molar-refractivity contribution is 7.89. The predicted molar refractivity (Wildman–Crippen MR) is 61.2 cm³/mol. The second kappa shape index (κ2) is 5.27. The molecule has 0 saturated carbocycles. The van der Waals surface area contributed by atoms with Crippen molar-refractivity contribution in [1.82, 2.24) is 0 Å². The highest BCUT2D eigenvalue weighted by Gasteiger charge is 2.10. The predicted octanol–water partition coefficient (Wildman–Crippen LogP) is 1.69. The number of anilines is 1. The number of halogens is 1. The fraction of sp³-hybridized carbons (Fsp3) is 0.400. The molecule has 0 unspecified atom stereocenters. The molecule has 0 fully saturated rings. The van der Waals surface area contributed by atoms with E-state index in [9.17, 15) is 12.8 Å². The third kappa shape index (κ3) is 3.46. The van der Waals surface area contributed by atoms with Gasteiger partial charge in [-0.2, -0.15) is 0 Å². The van der Waals surface area contributed by atoms with E-state index < -0.39 is 15.8 Å². The number of primary sulfonamides is 1. The standard InChI is InChI=1S/C10H15FN2O2S/c1-2-3-6-13-10-5-4-8(7-9(10)11)16(12,14)15/h4-5,7,13H,2-3,6H2,1H3,(H2,12,14,15). The van der Waals surface area contributed by atoms with Crippen LogP contribution in [0.3, 0.4) is 0 Å². The molecule has 0 atom stereocenters. The highest BCUT2D eigenvalue weighted by atomic mass is 32.2. The number of benzene rings is 1. The molecule has 0 aliphatic rings. The van der Waals surface area contributed by atoms with Gasteiger partial charge in [-0.15, -0.1) is 0 Å². The van der Waals surface area contributed by atoms with E-state index in [-0.39, 0.29) is 4.90 Å². The molecule has 4 nitrogen and oxygen atoms in total. The first-order valence-corrected chi connectivity index (χ1v) is 6.56. The summed E-state index contributed by atoms with van der Waals surface area (Å²) in [7, 11) is -3.84. The summed E-state index contributed by atoms with van der Waals surface area (Å²) in [5.41, 5.74) is 0.292. The molecule has 16 heavy (non-hydrogen) atoms. The van der Waals surface area contributed by atoms with Crippen molar-refractivity contribution in [2.75, 3.05) is 11.9 Å². The van der Waals surface area contributed by atoms with Crippen molar-refractivity contribution < 1.29 is 12.8 Å². The summed E-state index contributed by atoms with van der Waals surface area (Å²) in [4.78, 5) is -0.217. The Morgan fingerprint density at radius 2 is 2.12 bits per heavy atom. The first kappa shape index (κ1) is 12.9. The van der Waals surface area contributed by atoms with Gasteiger partial charge in [0.15, 0.2) is 0 Å². The summed E-state index contributed by atoms with van der Waals surface area (Å²) in [5.74, 6) is -0.609. The van der Waals surface area contributed by atoms with Crippen molar-refractivity contribution in [2.24, 2.45) is 5.14 Å². The molecule has 90 valence electrons. The van der Waals surface area contributed by atoms with Gasteiger partial charge in [-0.3, -0.25) is 0 Å². The van der Waals surface area contributed by atoms with E-state index in [1.807, 2.05) is 6.92 Å². The first-order chi connectivity index (χ1) is 7.45. The average Bonchev–Trinajstić information content (AvgIpc) is 2.19. The van der Waals surface area contributed by atoms with Gasteiger partial charge >= 0.3 is 0 Å². The van der Waals surface area contributed by atoms with Gasteiger partial charge in [0.1, 0.15) is 5.82 Å². The lowest BCUT2D eigenvalue weighted by Gasteiger charge is -2.07. The van der Waals surface area contributed by atoms with Crippen molar-refractivity contribution in [1.29, 1.82) is 0 Å². The maximum atomic E-state index is 13.4. The second-order valence-electron chi connectivity index (χ2n) is 3.47. The third-order valence-corrected chi connectivity index (χ3v) is 3.03. The number of hydrogen-bond donors (Lipinski definition) is 2. The van der Waals surface area contributed by atoms with Crippen LogP contribution in [-0.4, -0.2) is 15.0 Å². The van der Waals surface area contributed by atoms with Gasteiger partial charge in [0, 0.05) is 6.54 Å². The SMILES string of the molecule is CCCCNc1ccc(S(N)(=O)=O)cc1F. The van der Waals surface area contributed by atoms with Gasteiger partial charge in [-0.25, -0.2) is 17.9 Å². The molecule has 1 aromatic carbocycles.